The second kappa shape index (κ2) is 15.4. The van der Waals surface area contributed by atoms with Gasteiger partial charge in [0.15, 0.2) is 16.6 Å². The maximum absolute atomic E-state index is 6.42. The van der Waals surface area contributed by atoms with Crippen LogP contribution in [0.15, 0.2) is 0 Å². The van der Waals surface area contributed by atoms with Crippen LogP contribution in [-0.4, -0.2) is 72.3 Å². The summed E-state index contributed by atoms with van der Waals surface area (Å²) in [5.41, 5.74) is 0. The number of hydrogen-bond donors (Lipinski definition) is 0. The molecule has 0 aromatic heterocycles. The average molecular weight is 567 g/mol. The van der Waals surface area contributed by atoms with E-state index in [0.717, 1.165) is 12.1 Å². The molecule has 0 spiro atoms. The zero-order chi connectivity index (χ0) is 22.9. The van der Waals surface area contributed by atoms with Crippen molar-refractivity contribution in [3.8, 4) is 0 Å². The predicted octanol–water partition coefficient (Wildman–Crippen LogP) is 3.29. The van der Waals surface area contributed by atoms with Crippen molar-refractivity contribution in [3.05, 3.63) is 0 Å². The minimum atomic E-state index is -2.32. The van der Waals surface area contributed by atoms with E-state index < -0.39 is 72.3 Å². The molecule has 1 rings (SSSR count). The second-order valence-electron chi connectivity index (χ2n) is 9.08. The summed E-state index contributed by atoms with van der Waals surface area (Å²) >= 11 is 0. The normalized spacial score (nSPS) is 29.4. The highest BCUT2D eigenvalue weighted by atomic mass is 28.5. The molecule has 0 N–H and O–H groups in total. The van der Waals surface area contributed by atoms with Crippen LogP contribution >= 0.6 is 0 Å². The molecule has 0 aromatic rings. The zero-order valence-electron chi connectivity index (χ0n) is 20.8. The third-order valence-corrected chi connectivity index (χ3v) is 28.8. The Balaban J connectivity index is 0. The molecule has 0 aliphatic carbocycles. The molecule has 7 nitrogen and oxygen atoms in total. The van der Waals surface area contributed by atoms with Gasteiger partial charge in [0.05, 0.1) is 0 Å². The first kappa shape index (κ1) is 33.6. The van der Waals surface area contributed by atoms with Gasteiger partial charge in [-0.2, -0.15) is 0 Å². The van der Waals surface area contributed by atoms with Gasteiger partial charge in [0.25, 0.3) is 37.9 Å². The van der Waals surface area contributed by atoms with Crippen molar-refractivity contribution in [2.45, 2.75) is 98.8 Å². The SMILES string of the molecule is C.CC.C[SiH]1O[SiH](C)O[Si](C)(CC[SiH](O[SiH2]O[Si](C)(C)C)O[Si](C)(C)C)O[SiH](C)O1. The van der Waals surface area contributed by atoms with Crippen molar-refractivity contribution in [2.24, 2.45) is 0 Å². The minimum absolute atomic E-state index is 0. The minimum Gasteiger partial charge on any atom is -0.441 e. The van der Waals surface area contributed by atoms with Crippen LogP contribution < -0.4 is 0 Å². The summed E-state index contributed by atoms with van der Waals surface area (Å²) in [6.07, 6.45) is 0. The molecule has 3 unspecified atom stereocenters. The monoisotopic (exact) mass is 566 g/mol. The molecular formula is C15H50O7Si8. The molecule has 15 heteroatoms. The molecular weight excluding hydrogens is 517 g/mol. The van der Waals surface area contributed by atoms with Crippen molar-refractivity contribution in [3.63, 3.8) is 0 Å². The van der Waals surface area contributed by atoms with Gasteiger partial charge in [0.2, 0.25) is 0 Å². The van der Waals surface area contributed by atoms with Crippen LogP contribution in [0.3, 0.4) is 0 Å². The topological polar surface area (TPSA) is 64.6 Å². The summed E-state index contributed by atoms with van der Waals surface area (Å²) in [5, 5.41) is 0. The molecule has 184 valence electrons. The van der Waals surface area contributed by atoms with E-state index in [1.807, 2.05) is 13.8 Å². The molecule has 1 aliphatic rings. The lowest BCUT2D eigenvalue weighted by Crippen LogP contribution is -2.53. The summed E-state index contributed by atoms with van der Waals surface area (Å²) < 4.78 is 43.5. The highest BCUT2D eigenvalue weighted by molar-refractivity contribution is 6.82. The molecule has 1 aliphatic heterocycles. The van der Waals surface area contributed by atoms with Crippen LogP contribution in [0.2, 0.25) is 77.6 Å². The van der Waals surface area contributed by atoms with E-state index in [0.29, 0.717) is 0 Å². The van der Waals surface area contributed by atoms with Crippen molar-refractivity contribution in [2.75, 3.05) is 0 Å². The van der Waals surface area contributed by atoms with E-state index in [1.54, 1.807) is 0 Å². The number of hydrogen-bond acceptors (Lipinski definition) is 7. The standard InChI is InChI=1S/C12H40O7Si8.C2H6.CH4/c1-21-15-22(2)17-27(10,18-23(3)16-21)12-11-24(19-26(7,8)9)13-20-14-25(4,5)6;1-2;/h21-24H,11-12,20H2,1-10H3;1-2H3;1H4. The maximum Gasteiger partial charge on any atom is 0.316 e. The summed E-state index contributed by atoms with van der Waals surface area (Å²) in [6.45, 7) is 25.6. The Bertz CT molecular complexity index is 436. The van der Waals surface area contributed by atoms with Crippen LogP contribution in [-0.2, 0) is 28.8 Å². The molecule has 0 radical (unpaired) electrons. The van der Waals surface area contributed by atoms with E-state index in [4.69, 9.17) is 28.8 Å². The molecule has 0 bridgehead atoms. The molecule has 3 atom stereocenters. The fourth-order valence-corrected chi connectivity index (χ4v) is 27.7. The first-order valence-corrected chi connectivity index (χ1v) is 29.3. The molecule has 0 saturated carbocycles. The molecule has 1 heterocycles. The van der Waals surface area contributed by atoms with E-state index in [2.05, 4.69) is 65.5 Å². The third-order valence-electron chi connectivity index (χ3n) is 3.66. The average Bonchev–Trinajstić information content (AvgIpc) is 2.50. The van der Waals surface area contributed by atoms with Gasteiger partial charge in [0, 0.05) is 0 Å². The summed E-state index contributed by atoms with van der Waals surface area (Å²) in [4.78, 5) is 0. The Labute approximate surface area is 199 Å². The van der Waals surface area contributed by atoms with Crippen molar-refractivity contribution < 1.29 is 28.8 Å². The van der Waals surface area contributed by atoms with Gasteiger partial charge in [-0.1, -0.05) is 21.3 Å². The molecule has 30 heavy (non-hydrogen) atoms. The van der Waals surface area contributed by atoms with Gasteiger partial charge in [-0.15, -0.1) is 0 Å². The largest absolute Gasteiger partial charge is 0.441 e. The van der Waals surface area contributed by atoms with Crippen molar-refractivity contribution in [1.82, 2.24) is 0 Å². The lowest BCUT2D eigenvalue weighted by molar-refractivity contribution is 0.274. The van der Waals surface area contributed by atoms with Crippen LogP contribution in [0.25, 0.3) is 0 Å². The van der Waals surface area contributed by atoms with Gasteiger partial charge < -0.3 is 28.8 Å². The Morgan fingerprint density at radius 1 is 0.867 bits per heavy atom. The fourth-order valence-electron chi connectivity index (χ4n) is 2.71. The highest BCUT2D eigenvalue weighted by Crippen LogP contribution is 2.24. The first-order valence-electron chi connectivity index (χ1n) is 10.8. The van der Waals surface area contributed by atoms with Gasteiger partial charge in [-0.25, -0.2) is 0 Å². The number of rotatable bonds is 9. The van der Waals surface area contributed by atoms with Crippen LogP contribution in [0.4, 0.5) is 0 Å². The van der Waals surface area contributed by atoms with E-state index >= 15 is 0 Å². The first-order chi connectivity index (χ1) is 13.2. The lowest BCUT2D eigenvalue weighted by Gasteiger charge is -2.37. The third kappa shape index (κ3) is 17.0. The molecule has 0 amide bonds. The highest BCUT2D eigenvalue weighted by Gasteiger charge is 2.40. The smallest absolute Gasteiger partial charge is 0.316 e. The van der Waals surface area contributed by atoms with Gasteiger partial charge in [0.1, 0.15) is 0 Å². The zero-order valence-corrected chi connectivity index (χ0v) is 29.8. The maximum atomic E-state index is 6.42. The summed E-state index contributed by atoms with van der Waals surface area (Å²) in [7, 11) is -13.3. The van der Waals surface area contributed by atoms with E-state index in [-0.39, 0.29) is 7.43 Å². The fraction of sp³-hybridized carbons (Fsp3) is 1.00. The van der Waals surface area contributed by atoms with Gasteiger partial charge >= 0.3 is 17.8 Å². The van der Waals surface area contributed by atoms with Gasteiger partial charge in [-0.3, -0.25) is 0 Å². The van der Waals surface area contributed by atoms with E-state index in [9.17, 15) is 0 Å². The van der Waals surface area contributed by atoms with Crippen LogP contribution in [0.5, 0.6) is 0 Å². The van der Waals surface area contributed by atoms with Crippen molar-refractivity contribution >= 4 is 72.3 Å². The molecule has 1 saturated heterocycles. The van der Waals surface area contributed by atoms with E-state index in [1.165, 1.54) is 0 Å². The predicted molar refractivity (Wildman–Crippen MR) is 148 cm³/mol. The van der Waals surface area contributed by atoms with Crippen LogP contribution in [0.1, 0.15) is 21.3 Å². The van der Waals surface area contributed by atoms with Crippen molar-refractivity contribution in [1.29, 1.82) is 0 Å². The Morgan fingerprint density at radius 2 is 1.33 bits per heavy atom. The summed E-state index contributed by atoms with van der Waals surface area (Å²) in [5.74, 6) is 0. The molecule has 0 aromatic carbocycles. The second-order valence-corrected chi connectivity index (χ2v) is 32.9. The molecule has 1 fully saturated rings. The quantitative estimate of drug-likeness (QED) is 0.397. The Kier molecular flexibility index (Phi) is 17.2. The Morgan fingerprint density at radius 3 is 1.73 bits per heavy atom. The lowest BCUT2D eigenvalue weighted by atomic mass is 10.9. The van der Waals surface area contributed by atoms with Crippen LogP contribution in [0, 0.1) is 0 Å². The van der Waals surface area contributed by atoms with Gasteiger partial charge in [-0.05, 0) is 77.6 Å². The summed E-state index contributed by atoms with van der Waals surface area (Å²) in [6, 6.07) is 1.79. The Hall–Kier alpha value is 1.46.